The molecule has 0 bridgehead atoms. The fourth-order valence-corrected chi connectivity index (χ4v) is 0.857. The lowest BCUT2D eigenvalue weighted by atomic mass is 10.3. The number of aromatic amines is 1. The summed E-state index contributed by atoms with van der Waals surface area (Å²) in [5.41, 5.74) is 2.29. The summed E-state index contributed by atoms with van der Waals surface area (Å²) < 4.78 is 0. The molecular formula is C8H11N3O2. The highest BCUT2D eigenvalue weighted by Gasteiger charge is 2.08. The molecule has 5 nitrogen and oxygen atoms in total. The van der Waals surface area contributed by atoms with E-state index in [9.17, 15) is 9.59 Å². The third kappa shape index (κ3) is 2.41. The average molecular weight is 181 g/mol. The summed E-state index contributed by atoms with van der Waals surface area (Å²) in [4.78, 5) is 25.1. The van der Waals surface area contributed by atoms with Crippen molar-refractivity contribution < 1.29 is 4.79 Å². The first-order chi connectivity index (χ1) is 6.11. The van der Waals surface area contributed by atoms with E-state index in [1.54, 1.807) is 14.1 Å². The van der Waals surface area contributed by atoms with Gasteiger partial charge >= 0.3 is 0 Å². The Morgan fingerprint density at radius 1 is 1.54 bits per heavy atom. The SMILES string of the molecule is CN(C)NC(=O)c1c[nH]ccc1=O. The van der Waals surface area contributed by atoms with Crippen molar-refractivity contribution in [3.05, 3.63) is 34.2 Å². The Kier molecular flexibility index (Phi) is 2.81. The lowest BCUT2D eigenvalue weighted by molar-refractivity contribution is 0.0855. The molecule has 1 aromatic rings. The van der Waals surface area contributed by atoms with E-state index < -0.39 is 5.91 Å². The van der Waals surface area contributed by atoms with Gasteiger partial charge in [0.2, 0.25) is 0 Å². The summed E-state index contributed by atoms with van der Waals surface area (Å²) in [6.45, 7) is 0. The van der Waals surface area contributed by atoms with Crippen molar-refractivity contribution >= 4 is 5.91 Å². The molecule has 70 valence electrons. The second kappa shape index (κ2) is 3.86. The number of carbonyl (C=O) groups excluding carboxylic acids is 1. The maximum absolute atomic E-state index is 11.3. The Labute approximate surface area is 75.3 Å². The van der Waals surface area contributed by atoms with Crippen molar-refractivity contribution in [2.45, 2.75) is 0 Å². The van der Waals surface area contributed by atoms with Crippen molar-refractivity contribution in [2.24, 2.45) is 0 Å². The van der Waals surface area contributed by atoms with Gasteiger partial charge in [0, 0.05) is 32.6 Å². The van der Waals surface area contributed by atoms with Crippen molar-refractivity contribution in [1.82, 2.24) is 15.4 Å². The van der Waals surface area contributed by atoms with Crippen LogP contribution >= 0.6 is 0 Å². The normalized spacial score (nSPS) is 10.1. The standard InChI is InChI=1S/C8H11N3O2/c1-11(2)10-8(13)6-5-9-4-3-7(6)12/h3-5H,1-2H3,(H,9,12)(H,10,13). The van der Waals surface area contributed by atoms with E-state index in [-0.39, 0.29) is 11.0 Å². The molecule has 1 rings (SSSR count). The second-order valence-electron chi connectivity index (χ2n) is 2.76. The van der Waals surface area contributed by atoms with Crippen LogP contribution < -0.4 is 10.9 Å². The Balaban J connectivity index is 2.90. The molecule has 2 N–H and O–H groups in total. The molecule has 5 heteroatoms. The number of nitrogens with zero attached hydrogens (tertiary/aromatic N) is 1. The van der Waals surface area contributed by atoms with E-state index in [2.05, 4.69) is 10.4 Å². The fourth-order valence-electron chi connectivity index (χ4n) is 0.857. The largest absolute Gasteiger partial charge is 0.367 e. The predicted octanol–water partition coefficient (Wildman–Crippen LogP) is -0.419. The van der Waals surface area contributed by atoms with Gasteiger partial charge in [-0.15, -0.1) is 0 Å². The maximum atomic E-state index is 11.3. The van der Waals surface area contributed by atoms with Crippen LogP contribution in [0.3, 0.4) is 0 Å². The van der Waals surface area contributed by atoms with Gasteiger partial charge in [-0.2, -0.15) is 0 Å². The molecule has 1 aromatic heterocycles. The van der Waals surface area contributed by atoms with E-state index >= 15 is 0 Å². The molecule has 0 aliphatic rings. The molecule has 0 aliphatic heterocycles. The van der Waals surface area contributed by atoms with E-state index in [0.717, 1.165) is 0 Å². The molecule has 0 unspecified atom stereocenters. The molecule has 0 radical (unpaired) electrons. The minimum Gasteiger partial charge on any atom is -0.367 e. The lowest BCUT2D eigenvalue weighted by Crippen LogP contribution is -2.38. The number of hydrazine groups is 1. The molecule has 0 aliphatic carbocycles. The molecule has 0 spiro atoms. The number of hydrogen-bond acceptors (Lipinski definition) is 3. The highest BCUT2D eigenvalue weighted by Crippen LogP contribution is 1.87. The molecule has 0 fully saturated rings. The maximum Gasteiger partial charge on any atom is 0.271 e. The topological polar surface area (TPSA) is 65.2 Å². The van der Waals surface area contributed by atoms with Gasteiger partial charge in [0.25, 0.3) is 5.91 Å². The molecule has 0 aromatic carbocycles. The van der Waals surface area contributed by atoms with Gasteiger partial charge in [0.15, 0.2) is 5.43 Å². The van der Waals surface area contributed by atoms with Crippen LogP contribution in [0.4, 0.5) is 0 Å². The van der Waals surface area contributed by atoms with Crippen LogP contribution in [0.15, 0.2) is 23.3 Å². The molecule has 1 heterocycles. The summed E-state index contributed by atoms with van der Waals surface area (Å²) in [7, 11) is 3.35. The van der Waals surface area contributed by atoms with Crippen molar-refractivity contribution in [3.8, 4) is 0 Å². The number of carbonyl (C=O) groups is 1. The first-order valence-electron chi connectivity index (χ1n) is 3.76. The second-order valence-corrected chi connectivity index (χ2v) is 2.76. The molecule has 0 saturated carbocycles. The van der Waals surface area contributed by atoms with Gasteiger partial charge in [0.1, 0.15) is 5.56 Å². The van der Waals surface area contributed by atoms with E-state index in [1.165, 1.54) is 23.5 Å². The van der Waals surface area contributed by atoms with Gasteiger partial charge < -0.3 is 4.98 Å². The van der Waals surface area contributed by atoms with Gasteiger partial charge in [-0.1, -0.05) is 0 Å². The van der Waals surface area contributed by atoms with Gasteiger partial charge in [0.05, 0.1) is 0 Å². The summed E-state index contributed by atoms with van der Waals surface area (Å²) in [6.07, 6.45) is 2.86. The molecule has 0 atom stereocenters. The molecular weight excluding hydrogens is 170 g/mol. The van der Waals surface area contributed by atoms with Crippen molar-refractivity contribution in [1.29, 1.82) is 0 Å². The molecule has 1 amide bonds. The third-order valence-electron chi connectivity index (χ3n) is 1.39. The molecule has 13 heavy (non-hydrogen) atoms. The average Bonchev–Trinajstić information content (AvgIpc) is 2.03. The van der Waals surface area contributed by atoms with Crippen molar-refractivity contribution in [3.63, 3.8) is 0 Å². The van der Waals surface area contributed by atoms with E-state index in [4.69, 9.17) is 0 Å². The van der Waals surface area contributed by atoms with E-state index in [1.807, 2.05) is 0 Å². The highest BCUT2D eigenvalue weighted by molar-refractivity contribution is 5.93. The quantitative estimate of drug-likeness (QED) is 0.609. The zero-order valence-electron chi connectivity index (χ0n) is 7.50. The van der Waals surface area contributed by atoms with Crippen LogP contribution in [0, 0.1) is 0 Å². The zero-order chi connectivity index (χ0) is 9.84. The molecule has 0 saturated heterocycles. The number of H-pyrrole nitrogens is 1. The monoisotopic (exact) mass is 181 g/mol. The number of rotatable bonds is 2. The number of nitrogens with one attached hydrogen (secondary N) is 2. The van der Waals surface area contributed by atoms with Gasteiger partial charge in [-0.25, -0.2) is 5.01 Å². The Morgan fingerprint density at radius 3 is 2.77 bits per heavy atom. The summed E-state index contributed by atoms with van der Waals surface area (Å²) in [5.74, 6) is -0.410. The van der Waals surface area contributed by atoms with Crippen LogP contribution in [-0.4, -0.2) is 30.0 Å². The Hall–Kier alpha value is -1.62. The zero-order valence-corrected chi connectivity index (χ0v) is 7.50. The number of pyridine rings is 1. The van der Waals surface area contributed by atoms with Crippen LogP contribution in [0.1, 0.15) is 10.4 Å². The van der Waals surface area contributed by atoms with Gasteiger partial charge in [-0.3, -0.25) is 15.0 Å². The summed E-state index contributed by atoms with van der Waals surface area (Å²) in [6, 6.07) is 1.31. The van der Waals surface area contributed by atoms with Crippen LogP contribution in [0.2, 0.25) is 0 Å². The van der Waals surface area contributed by atoms with Crippen LogP contribution in [-0.2, 0) is 0 Å². The Bertz CT molecular complexity index is 356. The van der Waals surface area contributed by atoms with Crippen molar-refractivity contribution in [2.75, 3.05) is 14.1 Å². The first-order valence-corrected chi connectivity index (χ1v) is 3.76. The predicted molar refractivity (Wildman–Crippen MR) is 48.2 cm³/mol. The minimum absolute atomic E-state index is 0.108. The first kappa shape index (κ1) is 9.47. The minimum atomic E-state index is -0.410. The van der Waals surface area contributed by atoms with Crippen LogP contribution in [0.25, 0.3) is 0 Å². The lowest BCUT2D eigenvalue weighted by Gasteiger charge is -2.10. The number of hydrogen-bond donors (Lipinski definition) is 2. The van der Waals surface area contributed by atoms with Crippen LogP contribution in [0.5, 0.6) is 0 Å². The smallest absolute Gasteiger partial charge is 0.271 e. The van der Waals surface area contributed by atoms with Gasteiger partial charge in [-0.05, 0) is 0 Å². The fraction of sp³-hybridized carbons (Fsp3) is 0.250. The van der Waals surface area contributed by atoms with E-state index in [0.29, 0.717) is 0 Å². The number of aromatic nitrogens is 1. The number of amides is 1. The third-order valence-corrected chi connectivity index (χ3v) is 1.39. The summed E-state index contributed by atoms with van der Waals surface area (Å²) in [5, 5.41) is 1.48. The summed E-state index contributed by atoms with van der Waals surface area (Å²) >= 11 is 0. The highest BCUT2D eigenvalue weighted by atomic mass is 16.2. The Morgan fingerprint density at radius 2 is 2.23 bits per heavy atom.